The molecule has 2 aromatic heterocycles. The molecule has 8 heteroatoms. The Bertz CT molecular complexity index is 947. The third kappa shape index (κ3) is 3.47. The molecule has 1 aromatic carbocycles. The summed E-state index contributed by atoms with van der Waals surface area (Å²) in [5.74, 6) is 0.0356. The number of halogens is 1. The number of anilines is 1. The average molecular weight is 363 g/mol. The van der Waals surface area contributed by atoms with Crippen LogP contribution in [0.1, 0.15) is 29.2 Å². The van der Waals surface area contributed by atoms with Crippen molar-refractivity contribution in [3.05, 3.63) is 56.4 Å². The van der Waals surface area contributed by atoms with Crippen molar-refractivity contribution in [2.24, 2.45) is 5.92 Å². The van der Waals surface area contributed by atoms with E-state index < -0.39 is 11.5 Å². The van der Waals surface area contributed by atoms with E-state index in [0.717, 1.165) is 11.4 Å². The van der Waals surface area contributed by atoms with E-state index in [1.165, 1.54) is 22.0 Å². The van der Waals surface area contributed by atoms with Crippen LogP contribution in [-0.4, -0.2) is 20.5 Å². The van der Waals surface area contributed by atoms with Crippen molar-refractivity contribution >= 4 is 39.5 Å². The van der Waals surface area contributed by atoms with Crippen LogP contribution in [-0.2, 0) is 6.42 Å². The normalized spacial score (nSPS) is 11.2. The minimum atomic E-state index is -0.400. The van der Waals surface area contributed by atoms with E-state index in [0.29, 0.717) is 21.5 Å². The Kier molecular flexibility index (Phi) is 4.64. The fourth-order valence-corrected chi connectivity index (χ4v) is 3.33. The topological polar surface area (TPSA) is 76.4 Å². The van der Waals surface area contributed by atoms with Crippen LogP contribution in [0.2, 0.25) is 5.02 Å². The minimum Gasteiger partial charge on any atom is -0.316 e. The van der Waals surface area contributed by atoms with E-state index in [4.69, 9.17) is 11.6 Å². The van der Waals surface area contributed by atoms with Gasteiger partial charge in [0.15, 0.2) is 0 Å². The van der Waals surface area contributed by atoms with Gasteiger partial charge < -0.3 is 5.32 Å². The van der Waals surface area contributed by atoms with Crippen molar-refractivity contribution in [3.63, 3.8) is 0 Å². The molecular formula is C16H15ClN4O2S. The number of hydrogen-bond acceptors (Lipinski definition) is 5. The zero-order valence-corrected chi connectivity index (χ0v) is 14.7. The van der Waals surface area contributed by atoms with Crippen molar-refractivity contribution in [2.75, 3.05) is 5.32 Å². The lowest BCUT2D eigenvalue weighted by atomic mass is 10.1. The van der Waals surface area contributed by atoms with E-state index in [9.17, 15) is 9.59 Å². The number of rotatable bonds is 4. The van der Waals surface area contributed by atoms with Crippen molar-refractivity contribution in [1.29, 1.82) is 0 Å². The molecule has 0 aliphatic carbocycles. The van der Waals surface area contributed by atoms with Gasteiger partial charge >= 0.3 is 0 Å². The molecule has 3 rings (SSSR count). The zero-order valence-electron chi connectivity index (χ0n) is 13.1. The average Bonchev–Trinajstić information content (AvgIpc) is 2.93. The quantitative estimate of drug-likeness (QED) is 0.772. The summed E-state index contributed by atoms with van der Waals surface area (Å²) in [5, 5.41) is 8.25. The number of fused-ring (bicyclic) bond motifs is 1. The maximum atomic E-state index is 12.5. The van der Waals surface area contributed by atoms with E-state index in [2.05, 4.69) is 29.2 Å². The van der Waals surface area contributed by atoms with Gasteiger partial charge in [-0.05, 0) is 30.2 Å². The van der Waals surface area contributed by atoms with Gasteiger partial charge in [0.05, 0.1) is 6.20 Å². The van der Waals surface area contributed by atoms with Gasteiger partial charge in [0.1, 0.15) is 10.7 Å². The van der Waals surface area contributed by atoms with Crippen molar-refractivity contribution in [3.8, 4) is 0 Å². The number of hydrogen-bond donors (Lipinski definition) is 1. The molecular weight excluding hydrogens is 348 g/mol. The molecule has 1 N–H and O–H groups in total. The fraction of sp³-hybridized carbons (Fsp3) is 0.250. The summed E-state index contributed by atoms with van der Waals surface area (Å²) < 4.78 is 1.24. The lowest BCUT2D eigenvalue weighted by molar-refractivity contribution is 0.102. The van der Waals surface area contributed by atoms with Crippen molar-refractivity contribution < 1.29 is 4.79 Å². The maximum absolute atomic E-state index is 12.5. The number of carbonyl (C=O) groups is 1. The Hall–Kier alpha value is -2.25. The molecule has 0 spiro atoms. The van der Waals surface area contributed by atoms with Crippen LogP contribution in [0.5, 0.6) is 0 Å². The number of nitrogens with one attached hydrogen (secondary N) is 1. The standard InChI is InChI=1S/C16H15ClN4O2S/c1-9(2)7-13-20-21-15(23)12(8-18-16(21)24-13)19-14(22)10-3-5-11(17)6-4-10/h3-6,8-9H,7H2,1-2H3,(H,19,22). The number of aromatic nitrogens is 3. The van der Waals surface area contributed by atoms with Gasteiger partial charge in [0.2, 0.25) is 4.96 Å². The van der Waals surface area contributed by atoms with E-state index in [-0.39, 0.29) is 5.69 Å². The lowest BCUT2D eigenvalue weighted by Crippen LogP contribution is -2.23. The first-order valence-electron chi connectivity index (χ1n) is 7.38. The highest BCUT2D eigenvalue weighted by atomic mass is 35.5. The summed E-state index contributed by atoms with van der Waals surface area (Å²) in [6, 6.07) is 6.41. The zero-order chi connectivity index (χ0) is 17.3. The number of nitrogens with zero attached hydrogens (tertiary/aromatic N) is 3. The molecule has 0 fully saturated rings. The largest absolute Gasteiger partial charge is 0.316 e. The third-order valence-corrected chi connectivity index (χ3v) is 4.46. The Morgan fingerprint density at radius 3 is 2.71 bits per heavy atom. The predicted octanol–water partition coefficient (Wildman–Crippen LogP) is 3.26. The maximum Gasteiger partial charge on any atom is 0.298 e. The first-order valence-corrected chi connectivity index (χ1v) is 8.58. The molecule has 0 aliphatic rings. The monoisotopic (exact) mass is 362 g/mol. The van der Waals surface area contributed by atoms with Crippen LogP contribution < -0.4 is 10.9 Å². The molecule has 6 nitrogen and oxygen atoms in total. The SMILES string of the molecule is CC(C)Cc1nn2c(=O)c(NC(=O)c3ccc(Cl)cc3)cnc2s1. The number of amides is 1. The van der Waals surface area contributed by atoms with Gasteiger partial charge in [-0.1, -0.05) is 36.8 Å². The first kappa shape index (κ1) is 16.6. The molecule has 0 radical (unpaired) electrons. The van der Waals surface area contributed by atoms with Gasteiger partial charge in [0.25, 0.3) is 11.5 Å². The van der Waals surface area contributed by atoms with Gasteiger partial charge in [0, 0.05) is 17.0 Å². The van der Waals surface area contributed by atoms with Gasteiger partial charge in [-0.3, -0.25) is 9.59 Å². The van der Waals surface area contributed by atoms with Gasteiger partial charge in [-0.25, -0.2) is 4.98 Å². The smallest absolute Gasteiger partial charge is 0.298 e. The molecule has 0 unspecified atom stereocenters. The minimum absolute atomic E-state index is 0.0915. The molecule has 3 aromatic rings. The summed E-state index contributed by atoms with van der Waals surface area (Å²) in [6.45, 7) is 4.17. The van der Waals surface area contributed by atoms with Crippen LogP contribution in [0.3, 0.4) is 0 Å². The molecule has 0 bridgehead atoms. The molecule has 2 heterocycles. The highest BCUT2D eigenvalue weighted by Gasteiger charge is 2.14. The molecule has 1 amide bonds. The van der Waals surface area contributed by atoms with Crippen molar-refractivity contribution in [1.82, 2.24) is 14.6 Å². The van der Waals surface area contributed by atoms with Crippen LogP contribution in [0.4, 0.5) is 5.69 Å². The summed E-state index contributed by atoms with van der Waals surface area (Å²) >= 11 is 7.18. The first-order chi connectivity index (χ1) is 11.4. The molecule has 0 saturated heterocycles. The molecule has 0 atom stereocenters. The summed E-state index contributed by atoms with van der Waals surface area (Å²) in [6.07, 6.45) is 2.14. The van der Waals surface area contributed by atoms with Gasteiger partial charge in [-0.2, -0.15) is 9.61 Å². The molecule has 0 aliphatic heterocycles. The summed E-state index contributed by atoms with van der Waals surface area (Å²) in [5.41, 5.74) is 0.102. The second-order valence-corrected chi connectivity index (χ2v) is 7.20. The number of carbonyl (C=O) groups excluding carboxylic acids is 1. The Balaban J connectivity index is 1.89. The van der Waals surface area contributed by atoms with Crippen LogP contribution >= 0.6 is 22.9 Å². The number of benzene rings is 1. The Morgan fingerprint density at radius 1 is 1.33 bits per heavy atom. The Morgan fingerprint density at radius 2 is 2.04 bits per heavy atom. The predicted molar refractivity (Wildman–Crippen MR) is 95.1 cm³/mol. The Labute approximate surface area is 147 Å². The molecule has 24 heavy (non-hydrogen) atoms. The molecule has 124 valence electrons. The van der Waals surface area contributed by atoms with Crippen LogP contribution in [0.15, 0.2) is 35.3 Å². The highest BCUT2D eigenvalue weighted by molar-refractivity contribution is 7.16. The van der Waals surface area contributed by atoms with Crippen LogP contribution in [0, 0.1) is 5.92 Å². The van der Waals surface area contributed by atoms with E-state index in [1.54, 1.807) is 24.3 Å². The van der Waals surface area contributed by atoms with E-state index >= 15 is 0 Å². The second-order valence-electron chi connectivity index (χ2n) is 5.73. The molecule has 0 saturated carbocycles. The summed E-state index contributed by atoms with van der Waals surface area (Å²) in [7, 11) is 0. The third-order valence-electron chi connectivity index (χ3n) is 3.27. The van der Waals surface area contributed by atoms with Crippen LogP contribution in [0.25, 0.3) is 4.96 Å². The highest BCUT2D eigenvalue weighted by Crippen LogP contribution is 2.16. The van der Waals surface area contributed by atoms with Crippen molar-refractivity contribution in [2.45, 2.75) is 20.3 Å². The summed E-state index contributed by atoms with van der Waals surface area (Å²) in [4.78, 5) is 29.4. The van der Waals surface area contributed by atoms with E-state index in [1.807, 2.05) is 0 Å². The second kappa shape index (κ2) is 6.70. The fourth-order valence-electron chi connectivity index (χ4n) is 2.14. The van der Waals surface area contributed by atoms with Gasteiger partial charge in [-0.15, -0.1) is 0 Å². The lowest BCUT2D eigenvalue weighted by Gasteiger charge is -2.04.